The maximum absolute atomic E-state index is 12.0. The molecule has 19 heavy (non-hydrogen) atoms. The van der Waals surface area contributed by atoms with Gasteiger partial charge in [0, 0.05) is 43.9 Å². The lowest BCUT2D eigenvalue weighted by molar-refractivity contribution is -0.134. The maximum Gasteiger partial charge on any atom is 0.225 e. The first kappa shape index (κ1) is 15.5. The van der Waals surface area contributed by atoms with E-state index >= 15 is 0 Å². The highest BCUT2D eigenvalue weighted by Gasteiger charge is 2.35. The largest absolute Gasteiger partial charge is 0.340 e. The Labute approximate surface area is 124 Å². The minimum Gasteiger partial charge on any atom is -0.340 e. The summed E-state index contributed by atoms with van der Waals surface area (Å²) >= 11 is 4.81. The van der Waals surface area contributed by atoms with E-state index in [0.717, 1.165) is 45.6 Å². The van der Waals surface area contributed by atoms with Gasteiger partial charge in [-0.3, -0.25) is 9.69 Å². The number of hydrogen-bond donors (Lipinski definition) is 1. The van der Waals surface area contributed by atoms with Crippen LogP contribution in [0, 0.1) is 5.92 Å². The smallest absolute Gasteiger partial charge is 0.225 e. The van der Waals surface area contributed by atoms with Crippen molar-refractivity contribution in [3.63, 3.8) is 0 Å². The average Bonchev–Trinajstić information content (AvgIpc) is 3.18. The lowest BCUT2D eigenvalue weighted by Gasteiger charge is -2.41. The van der Waals surface area contributed by atoms with Crippen molar-refractivity contribution < 1.29 is 4.79 Å². The van der Waals surface area contributed by atoms with Crippen molar-refractivity contribution in [3.8, 4) is 0 Å². The number of piperazine rings is 1. The van der Waals surface area contributed by atoms with Crippen LogP contribution < -0.4 is 0 Å². The van der Waals surface area contributed by atoms with Gasteiger partial charge in [0.2, 0.25) is 5.91 Å². The number of carbonyl (C=O) groups is 1. The summed E-state index contributed by atoms with van der Waals surface area (Å²) in [6, 6.07) is 0. The van der Waals surface area contributed by atoms with Crippen molar-refractivity contribution in [3.05, 3.63) is 0 Å². The number of rotatable bonds is 5. The van der Waals surface area contributed by atoms with Crippen LogP contribution in [0.2, 0.25) is 0 Å². The van der Waals surface area contributed by atoms with Gasteiger partial charge in [-0.15, -0.1) is 11.7 Å². The minimum atomic E-state index is -0.775. The highest BCUT2D eigenvalue weighted by atomic mass is 33.1. The van der Waals surface area contributed by atoms with Gasteiger partial charge in [0.25, 0.3) is 0 Å². The highest BCUT2D eigenvalue weighted by molar-refractivity contribution is 8.87. The second-order valence-corrected chi connectivity index (χ2v) is 12.5. The lowest BCUT2D eigenvalue weighted by Crippen LogP contribution is -2.50. The van der Waals surface area contributed by atoms with Gasteiger partial charge in [-0.05, 0) is 31.8 Å². The summed E-state index contributed by atoms with van der Waals surface area (Å²) < 4.78 is 0. The van der Waals surface area contributed by atoms with Gasteiger partial charge < -0.3 is 4.90 Å². The quantitative estimate of drug-likeness (QED) is 0.622. The van der Waals surface area contributed by atoms with E-state index < -0.39 is 9.06 Å². The molecule has 0 aromatic rings. The highest BCUT2D eigenvalue weighted by Crippen LogP contribution is 2.51. The second-order valence-electron chi connectivity index (χ2n) is 6.28. The van der Waals surface area contributed by atoms with Gasteiger partial charge in [0.15, 0.2) is 0 Å². The molecular formula is C14H28N2OS2. The van der Waals surface area contributed by atoms with Crippen molar-refractivity contribution in [2.45, 2.75) is 31.4 Å². The van der Waals surface area contributed by atoms with Crippen molar-refractivity contribution >= 4 is 26.6 Å². The molecule has 0 bridgehead atoms. The Morgan fingerprint density at radius 1 is 1.26 bits per heavy atom. The average molecular weight is 305 g/mol. The van der Waals surface area contributed by atoms with Crippen LogP contribution in [-0.2, 0) is 4.79 Å². The Kier molecular flexibility index (Phi) is 5.12. The molecule has 112 valence electrons. The van der Waals surface area contributed by atoms with E-state index in [1.54, 1.807) is 0 Å². The number of nitrogens with zero attached hydrogens (tertiary/aromatic N) is 2. The summed E-state index contributed by atoms with van der Waals surface area (Å²) in [6.45, 7) is 7.34. The Hall–Kier alpha value is 0.130. The molecular weight excluding hydrogens is 276 g/mol. The zero-order valence-corrected chi connectivity index (χ0v) is 14.2. The van der Waals surface area contributed by atoms with Crippen LogP contribution in [-0.4, -0.2) is 66.2 Å². The molecule has 1 aliphatic heterocycles. The summed E-state index contributed by atoms with van der Waals surface area (Å²) in [6.07, 6.45) is 8.02. The third kappa shape index (κ3) is 4.30. The zero-order valence-electron chi connectivity index (χ0n) is 12.5. The molecule has 1 atom stereocenters. The molecule has 1 unspecified atom stereocenters. The second kappa shape index (κ2) is 6.27. The monoisotopic (exact) mass is 304 g/mol. The standard InChI is InChI=1S/C14H28N2OS2/c1-4-13(19(2,3)18)11-15-7-9-16(10-8-15)14(17)12-5-6-12/h12-13,18H,4-11H2,1-3H3. The van der Waals surface area contributed by atoms with Crippen LogP contribution in [0.1, 0.15) is 26.2 Å². The predicted molar refractivity (Wildman–Crippen MR) is 88.2 cm³/mol. The third-order valence-electron chi connectivity index (χ3n) is 4.34. The van der Waals surface area contributed by atoms with E-state index in [1.165, 1.54) is 6.42 Å². The molecule has 0 N–H and O–H groups in total. The van der Waals surface area contributed by atoms with Crippen LogP contribution >= 0.6 is 20.7 Å². The summed E-state index contributed by atoms with van der Waals surface area (Å²) in [7, 11) is -0.775. The fourth-order valence-electron chi connectivity index (χ4n) is 2.75. The molecule has 2 fully saturated rings. The Morgan fingerprint density at radius 3 is 2.26 bits per heavy atom. The van der Waals surface area contributed by atoms with E-state index in [0.29, 0.717) is 17.1 Å². The first-order valence-electron chi connectivity index (χ1n) is 7.37. The zero-order chi connectivity index (χ0) is 14.0. The van der Waals surface area contributed by atoms with Crippen LogP contribution in [0.3, 0.4) is 0 Å². The van der Waals surface area contributed by atoms with Crippen LogP contribution in [0.25, 0.3) is 0 Å². The summed E-state index contributed by atoms with van der Waals surface area (Å²) in [5, 5.41) is 0.696. The van der Waals surface area contributed by atoms with Crippen LogP contribution in [0.4, 0.5) is 0 Å². The number of amides is 1. The van der Waals surface area contributed by atoms with Crippen molar-refractivity contribution in [2.75, 3.05) is 45.2 Å². The molecule has 0 aromatic heterocycles. The molecule has 1 heterocycles. The Bertz CT molecular complexity index is 318. The molecule has 2 aliphatic rings. The van der Waals surface area contributed by atoms with Gasteiger partial charge in [0.05, 0.1) is 0 Å². The van der Waals surface area contributed by atoms with Crippen LogP contribution in [0.15, 0.2) is 0 Å². The van der Waals surface area contributed by atoms with E-state index in [1.807, 2.05) is 0 Å². The topological polar surface area (TPSA) is 23.6 Å². The van der Waals surface area contributed by atoms with E-state index in [2.05, 4.69) is 29.2 Å². The van der Waals surface area contributed by atoms with Gasteiger partial charge in [-0.1, -0.05) is 6.92 Å². The van der Waals surface area contributed by atoms with Gasteiger partial charge in [-0.2, -0.15) is 9.06 Å². The summed E-state index contributed by atoms with van der Waals surface area (Å²) in [4.78, 5) is 16.6. The Morgan fingerprint density at radius 2 is 1.84 bits per heavy atom. The summed E-state index contributed by atoms with van der Waals surface area (Å²) in [5.74, 6) is 0.780. The molecule has 1 saturated carbocycles. The lowest BCUT2D eigenvalue weighted by atomic mass is 10.2. The van der Waals surface area contributed by atoms with Crippen molar-refractivity contribution in [1.29, 1.82) is 0 Å². The molecule has 2 rings (SSSR count). The SMILES string of the molecule is CCC(CN1CCN(C(=O)C2CC2)CC1)S(C)(C)S. The van der Waals surface area contributed by atoms with Gasteiger partial charge in [-0.25, -0.2) is 0 Å². The number of carbonyl (C=O) groups excluding carboxylic acids is 1. The predicted octanol–water partition coefficient (Wildman–Crippen LogP) is 2.23. The minimum absolute atomic E-state index is 0.371. The molecule has 0 aromatic carbocycles. The molecule has 1 amide bonds. The van der Waals surface area contributed by atoms with Crippen molar-refractivity contribution in [2.24, 2.45) is 5.92 Å². The maximum atomic E-state index is 12.0. The van der Waals surface area contributed by atoms with Crippen LogP contribution in [0.5, 0.6) is 0 Å². The molecule has 0 spiro atoms. The molecule has 3 nitrogen and oxygen atoms in total. The fraction of sp³-hybridized carbons (Fsp3) is 0.929. The number of thiol groups is 1. The normalized spacial score (nSPS) is 24.3. The van der Waals surface area contributed by atoms with E-state index in [-0.39, 0.29) is 0 Å². The molecule has 5 heteroatoms. The number of hydrogen-bond acceptors (Lipinski definition) is 3. The first-order chi connectivity index (χ1) is 8.91. The van der Waals surface area contributed by atoms with Crippen molar-refractivity contribution in [1.82, 2.24) is 9.80 Å². The van der Waals surface area contributed by atoms with E-state index in [4.69, 9.17) is 11.7 Å². The molecule has 1 aliphatic carbocycles. The molecule has 1 saturated heterocycles. The van der Waals surface area contributed by atoms with Gasteiger partial charge >= 0.3 is 0 Å². The third-order valence-corrected chi connectivity index (χ3v) is 7.35. The Balaban J connectivity index is 1.77. The first-order valence-corrected chi connectivity index (χ1v) is 10.9. The fourth-order valence-corrected chi connectivity index (χ4v) is 4.79. The van der Waals surface area contributed by atoms with Gasteiger partial charge in [0.1, 0.15) is 0 Å². The van der Waals surface area contributed by atoms with E-state index in [9.17, 15) is 4.79 Å². The molecule has 0 radical (unpaired) electrons. The summed E-state index contributed by atoms with van der Waals surface area (Å²) in [5.41, 5.74) is 0.